The fraction of sp³-hybridized carbons (Fsp3) is 0.476. The Morgan fingerprint density at radius 1 is 1.15 bits per heavy atom. The van der Waals surface area contributed by atoms with Crippen LogP contribution in [0.2, 0.25) is 0 Å². The van der Waals surface area contributed by atoms with Gasteiger partial charge in [0.1, 0.15) is 0 Å². The Balaban J connectivity index is 1.98. The molecule has 0 saturated heterocycles. The normalized spacial score (nSPS) is 13.0. The lowest BCUT2D eigenvalue weighted by molar-refractivity contribution is -0.134. The zero-order valence-electron chi connectivity index (χ0n) is 15.9. The van der Waals surface area contributed by atoms with E-state index in [2.05, 4.69) is 53.4 Å². The minimum Gasteiger partial charge on any atom is -0.423 e. The van der Waals surface area contributed by atoms with Crippen LogP contribution in [0, 0.1) is 5.92 Å². The van der Waals surface area contributed by atoms with E-state index >= 15 is 0 Å². The molecule has 2 rings (SSSR count). The van der Waals surface area contributed by atoms with Crippen LogP contribution in [0.5, 0.6) is 5.75 Å². The number of esters is 1. The SMILES string of the molecule is CCCC(C)CC(CNc1ncc(OC(=O)CC)cn1)c1ccccc1. The van der Waals surface area contributed by atoms with Crippen LogP contribution >= 0.6 is 0 Å². The van der Waals surface area contributed by atoms with Crippen LogP contribution in [0.25, 0.3) is 0 Å². The fourth-order valence-corrected chi connectivity index (χ4v) is 3.04. The number of ether oxygens (including phenoxy) is 1. The Morgan fingerprint density at radius 2 is 1.85 bits per heavy atom. The third-order valence-corrected chi connectivity index (χ3v) is 4.39. The molecule has 0 aliphatic carbocycles. The van der Waals surface area contributed by atoms with Crippen molar-refractivity contribution in [3.63, 3.8) is 0 Å². The lowest BCUT2D eigenvalue weighted by atomic mass is 9.87. The van der Waals surface area contributed by atoms with Gasteiger partial charge in [-0.05, 0) is 17.9 Å². The number of anilines is 1. The highest BCUT2D eigenvalue weighted by atomic mass is 16.5. The Morgan fingerprint density at radius 3 is 2.46 bits per heavy atom. The van der Waals surface area contributed by atoms with E-state index < -0.39 is 0 Å². The summed E-state index contributed by atoms with van der Waals surface area (Å²) in [5.74, 6) is 1.70. The minimum absolute atomic E-state index is 0.289. The van der Waals surface area contributed by atoms with Gasteiger partial charge < -0.3 is 10.1 Å². The lowest BCUT2D eigenvalue weighted by Crippen LogP contribution is -2.17. The van der Waals surface area contributed by atoms with Crippen molar-refractivity contribution in [2.24, 2.45) is 5.92 Å². The van der Waals surface area contributed by atoms with Crippen LogP contribution in [-0.4, -0.2) is 22.5 Å². The van der Waals surface area contributed by atoms with Gasteiger partial charge in [-0.2, -0.15) is 0 Å². The summed E-state index contributed by atoms with van der Waals surface area (Å²) in [6, 6.07) is 10.6. The van der Waals surface area contributed by atoms with Crippen LogP contribution in [-0.2, 0) is 4.79 Å². The first-order valence-electron chi connectivity index (χ1n) is 9.43. The van der Waals surface area contributed by atoms with Gasteiger partial charge in [-0.15, -0.1) is 0 Å². The standard InChI is InChI=1S/C21H29N3O2/c1-4-9-16(3)12-18(17-10-7-6-8-11-17)13-22-21-23-14-19(15-24-21)26-20(25)5-2/h6-8,10-11,14-16,18H,4-5,9,12-13H2,1-3H3,(H,22,23,24). The number of benzene rings is 1. The van der Waals surface area contributed by atoms with Gasteiger partial charge in [-0.25, -0.2) is 9.97 Å². The first-order valence-corrected chi connectivity index (χ1v) is 9.43. The quantitative estimate of drug-likeness (QED) is 0.619. The van der Waals surface area contributed by atoms with Gasteiger partial charge >= 0.3 is 5.97 Å². The molecule has 26 heavy (non-hydrogen) atoms. The Hall–Kier alpha value is -2.43. The van der Waals surface area contributed by atoms with E-state index in [4.69, 9.17) is 4.74 Å². The van der Waals surface area contributed by atoms with Crippen molar-refractivity contribution in [3.05, 3.63) is 48.3 Å². The smallest absolute Gasteiger partial charge is 0.311 e. The molecule has 5 heteroatoms. The van der Waals surface area contributed by atoms with Gasteiger partial charge in [0.15, 0.2) is 5.75 Å². The Kier molecular flexibility index (Phi) is 8.06. The van der Waals surface area contributed by atoms with Crippen molar-refractivity contribution in [1.82, 2.24) is 9.97 Å². The monoisotopic (exact) mass is 355 g/mol. The molecule has 0 radical (unpaired) electrons. The number of hydrogen-bond donors (Lipinski definition) is 1. The summed E-state index contributed by atoms with van der Waals surface area (Å²) in [7, 11) is 0. The summed E-state index contributed by atoms with van der Waals surface area (Å²) >= 11 is 0. The maximum Gasteiger partial charge on any atom is 0.311 e. The second kappa shape index (κ2) is 10.5. The van der Waals surface area contributed by atoms with Crippen LogP contribution in [0.4, 0.5) is 5.95 Å². The Labute approximate surface area is 156 Å². The zero-order valence-corrected chi connectivity index (χ0v) is 15.9. The highest BCUT2D eigenvalue weighted by molar-refractivity contribution is 5.71. The molecule has 1 heterocycles. The molecule has 0 aliphatic heterocycles. The third kappa shape index (κ3) is 6.47. The molecule has 0 saturated carbocycles. The number of hydrogen-bond acceptors (Lipinski definition) is 5. The third-order valence-electron chi connectivity index (χ3n) is 4.39. The molecule has 1 aromatic carbocycles. The van der Waals surface area contributed by atoms with Crippen LogP contribution in [0.15, 0.2) is 42.7 Å². The van der Waals surface area contributed by atoms with Crippen molar-refractivity contribution in [1.29, 1.82) is 0 Å². The van der Waals surface area contributed by atoms with E-state index in [0.717, 1.165) is 13.0 Å². The van der Waals surface area contributed by atoms with Gasteiger partial charge in [0.25, 0.3) is 0 Å². The number of aromatic nitrogens is 2. The summed E-state index contributed by atoms with van der Waals surface area (Å²) in [5.41, 5.74) is 1.33. The molecule has 2 unspecified atom stereocenters. The lowest BCUT2D eigenvalue weighted by Gasteiger charge is -2.22. The van der Waals surface area contributed by atoms with E-state index in [1.807, 2.05) is 6.07 Å². The molecule has 2 atom stereocenters. The molecule has 0 fully saturated rings. The number of carbonyl (C=O) groups is 1. The molecule has 0 spiro atoms. The molecule has 140 valence electrons. The largest absolute Gasteiger partial charge is 0.423 e. The maximum atomic E-state index is 11.3. The number of nitrogens with one attached hydrogen (secondary N) is 1. The van der Waals surface area contributed by atoms with E-state index in [1.165, 1.54) is 30.8 Å². The highest BCUT2D eigenvalue weighted by Gasteiger charge is 2.15. The van der Waals surface area contributed by atoms with Crippen LogP contribution < -0.4 is 10.1 Å². The van der Waals surface area contributed by atoms with E-state index in [0.29, 0.717) is 30.0 Å². The number of nitrogens with zero attached hydrogens (tertiary/aromatic N) is 2. The van der Waals surface area contributed by atoms with Gasteiger partial charge in [0, 0.05) is 18.9 Å². The summed E-state index contributed by atoms with van der Waals surface area (Å²) in [6.45, 7) is 7.06. The molecule has 0 amide bonds. The summed E-state index contributed by atoms with van der Waals surface area (Å²) < 4.78 is 5.10. The minimum atomic E-state index is -0.289. The molecule has 5 nitrogen and oxygen atoms in total. The zero-order chi connectivity index (χ0) is 18.8. The van der Waals surface area contributed by atoms with Gasteiger partial charge in [-0.1, -0.05) is 63.9 Å². The van der Waals surface area contributed by atoms with Gasteiger partial charge in [0.05, 0.1) is 12.4 Å². The summed E-state index contributed by atoms with van der Waals surface area (Å²) in [4.78, 5) is 19.8. The van der Waals surface area contributed by atoms with Crippen molar-refractivity contribution < 1.29 is 9.53 Å². The van der Waals surface area contributed by atoms with Crippen molar-refractivity contribution in [2.75, 3.05) is 11.9 Å². The molecule has 0 aliphatic rings. The van der Waals surface area contributed by atoms with E-state index in [1.54, 1.807) is 6.92 Å². The molecular weight excluding hydrogens is 326 g/mol. The highest BCUT2D eigenvalue weighted by Crippen LogP contribution is 2.26. The average Bonchev–Trinajstić information content (AvgIpc) is 2.67. The summed E-state index contributed by atoms with van der Waals surface area (Å²) in [6.07, 6.45) is 6.94. The maximum absolute atomic E-state index is 11.3. The van der Waals surface area contributed by atoms with E-state index in [-0.39, 0.29) is 5.97 Å². The number of carbonyl (C=O) groups excluding carboxylic acids is 1. The average molecular weight is 355 g/mol. The van der Waals surface area contributed by atoms with Crippen molar-refractivity contribution in [3.8, 4) is 5.75 Å². The molecular formula is C21H29N3O2. The van der Waals surface area contributed by atoms with Crippen LogP contribution in [0.1, 0.15) is 57.9 Å². The summed E-state index contributed by atoms with van der Waals surface area (Å²) in [5, 5.41) is 3.32. The van der Waals surface area contributed by atoms with E-state index in [9.17, 15) is 4.79 Å². The van der Waals surface area contributed by atoms with Crippen molar-refractivity contribution in [2.45, 2.75) is 52.4 Å². The van der Waals surface area contributed by atoms with Crippen LogP contribution in [0.3, 0.4) is 0 Å². The molecule has 0 bridgehead atoms. The molecule has 1 N–H and O–H groups in total. The number of rotatable bonds is 10. The second-order valence-corrected chi connectivity index (χ2v) is 6.69. The van der Waals surface area contributed by atoms with Crippen molar-refractivity contribution >= 4 is 11.9 Å². The fourth-order valence-electron chi connectivity index (χ4n) is 3.04. The predicted octanol–water partition coefficient (Wildman–Crippen LogP) is 4.81. The van der Waals surface area contributed by atoms with Gasteiger partial charge in [0.2, 0.25) is 5.95 Å². The molecule has 1 aromatic heterocycles. The first-order chi connectivity index (χ1) is 12.6. The predicted molar refractivity (Wildman–Crippen MR) is 104 cm³/mol. The first kappa shape index (κ1) is 19.9. The Bertz CT molecular complexity index is 659. The van der Waals surface area contributed by atoms with Gasteiger partial charge in [-0.3, -0.25) is 4.79 Å². The topological polar surface area (TPSA) is 64.1 Å². The second-order valence-electron chi connectivity index (χ2n) is 6.69. The molecule has 2 aromatic rings.